The summed E-state index contributed by atoms with van der Waals surface area (Å²) >= 11 is 5.92. The van der Waals surface area contributed by atoms with E-state index in [0.29, 0.717) is 30.9 Å². The first-order chi connectivity index (χ1) is 9.04. The predicted octanol–water partition coefficient (Wildman–Crippen LogP) is 2.10. The molecule has 1 unspecified atom stereocenters. The maximum atomic E-state index is 5.92. The molecule has 1 saturated heterocycles. The quantitative estimate of drug-likeness (QED) is 0.793. The first-order valence-corrected chi connectivity index (χ1v) is 7.02. The van der Waals surface area contributed by atoms with Crippen LogP contribution < -0.4 is 9.64 Å². The van der Waals surface area contributed by atoms with Crippen LogP contribution in [0, 0.1) is 0 Å². The summed E-state index contributed by atoms with van der Waals surface area (Å²) in [5.41, 5.74) is -0.261. The molecule has 1 atom stereocenters. The summed E-state index contributed by atoms with van der Waals surface area (Å²) in [6, 6.07) is 1.76. The van der Waals surface area contributed by atoms with Crippen molar-refractivity contribution in [2.24, 2.45) is 0 Å². The highest BCUT2D eigenvalue weighted by molar-refractivity contribution is 6.18. The second-order valence-corrected chi connectivity index (χ2v) is 5.47. The average Bonchev–Trinajstić information content (AvgIpc) is 2.37. The Bertz CT molecular complexity index is 428. The van der Waals surface area contributed by atoms with Crippen molar-refractivity contribution >= 4 is 17.5 Å². The van der Waals surface area contributed by atoms with Gasteiger partial charge in [0.05, 0.1) is 24.2 Å². The van der Waals surface area contributed by atoms with Gasteiger partial charge in [0.15, 0.2) is 0 Å². The maximum Gasteiger partial charge on any atom is 0.228 e. The normalized spacial score (nSPS) is 22.3. The van der Waals surface area contributed by atoms with Crippen LogP contribution >= 0.6 is 11.6 Å². The highest BCUT2D eigenvalue weighted by atomic mass is 35.5. The third kappa shape index (κ3) is 3.70. The largest absolute Gasteiger partial charge is 0.478 e. The lowest BCUT2D eigenvalue weighted by atomic mass is 10.1. The smallest absolute Gasteiger partial charge is 0.228 e. The first-order valence-electron chi connectivity index (χ1n) is 6.48. The minimum Gasteiger partial charge on any atom is -0.478 e. The van der Waals surface area contributed by atoms with Crippen LogP contribution in [0.4, 0.5) is 5.95 Å². The van der Waals surface area contributed by atoms with Crippen molar-refractivity contribution in [3.63, 3.8) is 0 Å². The Morgan fingerprint density at radius 2 is 2.37 bits per heavy atom. The molecule has 19 heavy (non-hydrogen) atoms. The molecule has 0 aromatic carbocycles. The van der Waals surface area contributed by atoms with Crippen molar-refractivity contribution in [2.45, 2.75) is 32.5 Å². The van der Waals surface area contributed by atoms with Crippen molar-refractivity contribution in [2.75, 3.05) is 30.5 Å². The van der Waals surface area contributed by atoms with Gasteiger partial charge in [-0.2, -0.15) is 4.98 Å². The summed E-state index contributed by atoms with van der Waals surface area (Å²) in [6.45, 7) is 8.05. The van der Waals surface area contributed by atoms with Gasteiger partial charge in [-0.1, -0.05) is 0 Å². The number of hydrogen-bond acceptors (Lipinski definition) is 5. The van der Waals surface area contributed by atoms with E-state index in [1.165, 1.54) is 0 Å². The molecule has 0 radical (unpaired) electrons. The molecule has 1 aliphatic heterocycles. The van der Waals surface area contributed by atoms with Crippen molar-refractivity contribution in [1.29, 1.82) is 0 Å². The van der Waals surface area contributed by atoms with Crippen LogP contribution in [0.15, 0.2) is 12.3 Å². The second kappa shape index (κ2) is 5.92. The van der Waals surface area contributed by atoms with Crippen molar-refractivity contribution in [1.82, 2.24) is 9.97 Å². The number of alkyl halides is 1. The van der Waals surface area contributed by atoms with Crippen molar-refractivity contribution in [3.8, 4) is 5.88 Å². The van der Waals surface area contributed by atoms with Crippen LogP contribution in [0.2, 0.25) is 0 Å². The fraction of sp³-hybridized carbons (Fsp3) is 0.692. The van der Waals surface area contributed by atoms with Gasteiger partial charge in [-0.05, 0) is 20.8 Å². The number of halogens is 1. The molecule has 1 fully saturated rings. The van der Waals surface area contributed by atoms with Crippen LogP contribution in [0.25, 0.3) is 0 Å². The van der Waals surface area contributed by atoms with E-state index in [4.69, 9.17) is 21.1 Å². The van der Waals surface area contributed by atoms with Crippen LogP contribution in [0.1, 0.15) is 20.8 Å². The molecule has 0 aliphatic carbocycles. The lowest BCUT2D eigenvalue weighted by Crippen LogP contribution is -2.54. The molecule has 0 spiro atoms. The zero-order valence-electron chi connectivity index (χ0n) is 11.6. The van der Waals surface area contributed by atoms with Crippen LogP contribution in [0.5, 0.6) is 5.88 Å². The third-order valence-electron chi connectivity index (χ3n) is 2.85. The first kappa shape index (κ1) is 14.3. The molecule has 0 N–H and O–H groups in total. The number of morpholine rings is 1. The molecule has 1 aromatic heterocycles. The Kier molecular flexibility index (Phi) is 4.47. The maximum absolute atomic E-state index is 5.92. The molecule has 1 aliphatic rings. The van der Waals surface area contributed by atoms with Gasteiger partial charge in [0, 0.05) is 25.4 Å². The summed E-state index contributed by atoms with van der Waals surface area (Å²) < 4.78 is 11.3. The van der Waals surface area contributed by atoms with Gasteiger partial charge in [-0.3, -0.25) is 0 Å². The zero-order valence-corrected chi connectivity index (χ0v) is 12.4. The van der Waals surface area contributed by atoms with Gasteiger partial charge in [0.1, 0.15) is 0 Å². The Hall–Kier alpha value is -1.07. The van der Waals surface area contributed by atoms with E-state index in [-0.39, 0.29) is 11.7 Å². The van der Waals surface area contributed by atoms with E-state index >= 15 is 0 Å². The van der Waals surface area contributed by atoms with E-state index in [2.05, 4.69) is 14.9 Å². The van der Waals surface area contributed by atoms with Crippen LogP contribution in [-0.4, -0.2) is 47.2 Å². The summed E-state index contributed by atoms with van der Waals surface area (Å²) in [6.07, 6.45) is 1.70. The molecule has 0 amide bonds. The van der Waals surface area contributed by atoms with E-state index < -0.39 is 0 Å². The van der Waals surface area contributed by atoms with Gasteiger partial charge in [0.25, 0.3) is 0 Å². The Morgan fingerprint density at radius 3 is 3.05 bits per heavy atom. The molecular weight excluding hydrogens is 266 g/mol. The Morgan fingerprint density at radius 1 is 1.58 bits per heavy atom. The number of aromatic nitrogens is 2. The Balaban J connectivity index is 2.17. The fourth-order valence-corrected chi connectivity index (χ4v) is 2.40. The number of anilines is 1. The Labute approximate surface area is 118 Å². The molecule has 5 nitrogen and oxygen atoms in total. The topological polar surface area (TPSA) is 47.5 Å². The molecule has 2 heterocycles. The molecule has 0 bridgehead atoms. The summed E-state index contributed by atoms with van der Waals surface area (Å²) in [5, 5.41) is 0. The lowest BCUT2D eigenvalue weighted by Gasteiger charge is -2.42. The lowest BCUT2D eigenvalue weighted by molar-refractivity contribution is -0.0738. The predicted molar refractivity (Wildman–Crippen MR) is 75.1 cm³/mol. The van der Waals surface area contributed by atoms with Gasteiger partial charge >= 0.3 is 0 Å². The number of rotatable bonds is 4. The molecular formula is C13H20ClN3O2. The van der Waals surface area contributed by atoms with Crippen molar-refractivity contribution < 1.29 is 9.47 Å². The summed E-state index contributed by atoms with van der Waals surface area (Å²) in [4.78, 5) is 10.8. The second-order valence-electron chi connectivity index (χ2n) is 5.16. The van der Waals surface area contributed by atoms with E-state index in [1.54, 1.807) is 12.3 Å². The molecule has 106 valence electrons. The van der Waals surface area contributed by atoms with Crippen molar-refractivity contribution in [3.05, 3.63) is 12.3 Å². The number of ether oxygens (including phenoxy) is 2. The minimum atomic E-state index is -0.261. The summed E-state index contributed by atoms with van der Waals surface area (Å²) in [5.74, 6) is 1.72. The zero-order chi connectivity index (χ0) is 13.9. The highest BCUT2D eigenvalue weighted by Gasteiger charge is 2.34. The van der Waals surface area contributed by atoms with Gasteiger partial charge in [-0.25, -0.2) is 4.98 Å². The number of hydrogen-bond donors (Lipinski definition) is 0. The minimum absolute atomic E-state index is 0.00948. The van der Waals surface area contributed by atoms with Gasteiger partial charge in [0.2, 0.25) is 11.8 Å². The fourth-order valence-electron chi connectivity index (χ4n) is 2.24. The molecule has 0 saturated carbocycles. The van der Waals surface area contributed by atoms with Crippen LogP contribution in [-0.2, 0) is 4.74 Å². The van der Waals surface area contributed by atoms with Crippen LogP contribution in [0.3, 0.4) is 0 Å². The van der Waals surface area contributed by atoms with E-state index in [1.807, 2.05) is 20.8 Å². The molecule has 2 rings (SSSR count). The van der Waals surface area contributed by atoms with Gasteiger partial charge in [-0.15, -0.1) is 11.6 Å². The third-order valence-corrected chi connectivity index (χ3v) is 3.19. The van der Waals surface area contributed by atoms with Gasteiger partial charge < -0.3 is 14.4 Å². The SMILES string of the molecule is CCOc1ccnc(N2CC(CCl)OC(C)(C)C2)n1. The van der Waals surface area contributed by atoms with E-state index in [9.17, 15) is 0 Å². The average molecular weight is 286 g/mol. The number of nitrogens with zero attached hydrogens (tertiary/aromatic N) is 3. The van der Waals surface area contributed by atoms with E-state index in [0.717, 1.165) is 6.54 Å². The standard InChI is InChI=1S/C13H20ClN3O2/c1-4-18-11-5-6-15-12(16-11)17-8-10(7-14)19-13(2,3)9-17/h5-6,10H,4,7-9H2,1-3H3. The monoisotopic (exact) mass is 285 g/mol. The summed E-state index contributed by atoms with van der Waals surface area (Å²) in [7, 11) is 0. The highest BCUT2D eigenvalue weighted by Crippen LogP contribution is 2.25. The molecule has 6 heteroatoms. The molecule has 1 aromatic rings.